The Balaban J connectivity index is 2.48. The summed E-state index contributed by atoms with van der Waals surface area (Å²) in [6.45, 7) is 0.488. The van der Waals surface area contributed by atoms with Crippen LogP contribution in [0, 0.1) is 11.6 Å². The van der Waals surface area contributed by atoms with Gasteiger partial charge in [0, 0.05) is 25.2 Å². The van der Waals surface area contributed by atoms with Crippen LogP contribution in [0.4, 0.5) is 8.78 Å². The zero-order valence-corrected chi connectivity index (χ0v) is 12.3. The smallest absolute Gasteiger partial charge is 0.246 e. The maximum absolute atomic E-state index is 13.7. The molecule has 0 aliphatic carbocycles. The first-order chi connectivity index (χ1) is 8.87. The number of benzene rings is 1. The van der Waals surface area contributed by atoms with E-state index >= 15 is 0 Å². The monoisotopic (exact) mass is 354 g/mol. The summed E-state index contributed by atoms with van der Waals surface area (Å²) in [6.07, 6.45) is 1.34. The number of nitrogens with zero attached hydrogens (tertiary/aromatic N) is 1. The summed E-state index contributed by atoms with van der Waals surface area (Å²) in [5, 5.41) is 0. The molecule has 0 aromatic heterocycles. The molecule has 1 saturated heterocycles. The summed E-state index contributed by atoms with van der Waals surface area (Å²) in [7, 11) is -3.99. The van der Waals surface area contributed by atoms with E-state index in [4.69, 9.17) is 5.73 Å². The van der Waals surface area contributed by atoms with Gasteiger partial charge in [0.25, 0.3) is 0 Å². The van der Waals surface area contributed by atoms with Crippen LogP contribution in [0.25, 0.3) is 0 Å². The Hall–Kier alpha value is -0.570. The fourth-order valence-corrected chi connectivity index (χ4v) is 4.46. The number of halogens is 3. The molecular formula is C11H13BrF2N2O2S. The van der Waals surface area contributed by atoms with Crippen molar-refractivity contribution in [2.45, 2.75) is 23.8 Å². The van der Waals surface area contributed by atoms with Crippen LogP contribution in [-0.2, 0) is 10.0 Å². The topological polar surface area (TPSA) is 63.4 Å². The van der Waals surface area contributed by atoms with E-state index in [1.807, 2.05) is 0 Å². The number of hydrogen-bond donors (Lipinski definition) is 1. The van der Waals surface area contributed by atoms with Gasteiger partial charge < -0.3 is 5.73 Å². The lowest BCUT2D eigenvalue weighted by Gasteiger charge is -2.23. The van der Waals surface area contributed by atoms with Crippen LogP contribution in [0.3, 0.4) is 0 Å². The summed E-state index contributed by atoms with van der Waals surface area (Å²) >= 11 is 2.86. The second-order valence-electron chi connectivity index (χ2n) is 4.34. The predicted octanol–water partition coefficient (Wildman–Crippen LogP) is 1.84. The summed E-state index contributed by atoms with van der Waals surface area (Å²) in [4.78, 5) is -0.527. The van der Waals surface area contributed by atoms with Gasteiger partial charge in [-0.25, -0.2) is 17.2 Å². The molecule has 1 aromatic carbocycles. The van der Waals surface area contributed by atoms with Gasteiger partial charge in [-0.1, -0.05) is 0 Å². The zero-order chi connectivity index (χ0) is 14.2. The molecule has 1 aliphatic rings. The van der Waals surface area contributed by atoms with Gasteiger partial charge in [-0.3, -0.25) is 0 Å². The van der Waals surface area contributed by atoms with Crippen molar-refractivity contribution in [3.63, 3.8) is 0 Å². The largest absolute Gasteiger partial charge is 0.329 e. The van der Waals surface area contributed by atoms with Gasteiger partial charge in [0.15, 0.2) is 0 Å². The molecule has 0 amide bonds. The molecule has 0 spiro atoms. The molecular weight excluding hydrogens is 342 g/mol. The van der Waals surface area contributed by atoms with E-state index in [0.29, 0.717) is 25.5 Å². The molecule has 1 heterocycles. The maximum atomic E-state index is 13.7. The molecule has 106 valence electrons. The maximum Gasteiger partial charge on any atom is 0.246 e. The number of sulfonamides is 1. The first-order valence-corrected chi connectivity index (χ1v) is 7.97. The average Bonchev–Trinajstić information content (AvgIpc) is 2.82. The first kappa shape index (κ1) is 14.8. The molecule has 2 N–H and O–H groups in total. The van der Waals surface area contributed by atoms with E-state index in [1.165, 1.54) is 4.31 Å². The van der Waals surface area contributed by atoms with Crippen molar-refractivity contribution in [2.24, 2.45) is 5.73 Å². The van der Waals surface area contributed by atoms with Crippen molar-refractivity contribution in [3.05, 3.63) is 28.2 Å². The van der Waals surface area contributed by atoms with E-state index in [1.54, 1.807) is 0 Å². The molecule has 1 atom stereocenters. The Morgan fingerprint density at radius 3 is 2.68 bits per heavy atom. The molecule has 0 bridgehead atoms. The summed E-state index contributed by atoms with van der Waals surface area (Å²) in [6, 6.07) is 1.18. The molecule has 4 nitrogen and oxygen atoms in total. The van der Waals surface area contributed by atoms with Crippen molar-refractivity contribution in [2.75, 3.05) is 13.1 Å². The molecule has 19 heavy (non-hydrogen) atoms. The highest BCUT2D eigenvalue weighted by molar-refractivity contribution is 9.10. The Kier molecular flexibility index (Phi) is 4.24. The lowest BCUT2D eigenvalue weighted by atomic mass is 10.2. The molecule has 0 saturated carbocycles. The Morgan fingerprint density at radius 2 is 2.05 bits per heavy atom. The fraction of sp³-hybridized carbons (Fsp3) is 0.455. The van der Waals surface area contributed by atoms with E-state index in [2.05, 4.69) is 15.9 Å². The fourth-order valence-electron chi connectivity index (χ4n) is 2.19. The Bertz CT molecular complexity index is 595. The Morgan fingerprint density at radius 1 is 1.37 bits per heavy atom. The third-order valence-corrected chi connectivity index (χ3v) is 5.73. The summed E-state index contributed by atoms with van der Waals surface area (Å²) in [5.41, 5.74) is 5.52. The second kappa shape index (κ2) is 5.43. The van der Waals surface area contributed by atoms with Crippen molar-refractivity contribution in [1.29, 1.82) is 0 Å². The average molecular weight is 355 g/mol. The lowest BCUT2D eigenvalue weighted by Crippen LogP contribution is -2.40. The van der Waals surface area contributed by atoms with Crippen LogP contribution in [0.5, 0.6) is 0 Å². The lowest BCUT2D eigenvalue weighted by molar-refractivity contribution is 0.390. The number of rotatable bonds is 3. The van der Waals surface area contributed by atoms with Gasteiger partial charge in [0.2, 0.25) is 10.0 Å². The van der Waals surface area contributed by atoms with Gasteiger partial charge in [0.1, 0.15) is 16.5 Å². The molecule has 8 heteroatoms. The molecule has 1 aliphatic heterocycles. The second-order valence-corrected chi connectivity index (χ2v) is 7.06. The van der Waals surface area contributed by atoms with Gasteiger partial charge in [-0.05, 0) is 34.8 Å². The van der Waals surface area contributed by atoms with E-state index in [-0.39, 0.29) is 17.1 Å². The summed E-state index contributed by atoms with van der Waals surface area (Å²) in [5.74, 6) is -1.93. The third-order valence-electron chi connectivity index (χ3n) is 3.16. The predicted molar refractivity (Wildman–Crippen MR) is 70.0 cm³/mol. The number of nitrogens with two attached hydrogens (primary N) is 1. The highest BCUT2D eigenvalue weighted by Gasteiger charge is 2.36. The minimum atomic E-state index is -3.99. The highest BCUT2D eigenvalue weighted by atomic mass is 79.9. The van der Waals surface area contributed by atoms with Crippen molar-refractivity contribution in [3.8, 4) is 0 Å². The van der Waals surface area contributed by atoms with Crippen LogP contribution in [-0.4, -0.2) is 31.9 Å². The minimum Gasteiger partial charge on any atom is -0.329 e. The summed E-state index contributed by atoms with van der Waals surface area (Å²) < 4.78 is 52.7. The van der Waals surface area contributed by atoms with Crippen molar-refractivity contribution >= 4 is 26.0 Å². The van der Waals surface area contributed by atoms with Gasteiger partial charge in [-0.2, -0.15) is 4.31 Å². The molecule has 1 aromatic rings. The van der Waals surface area contributed by atoms with Crippen LogP contribution in [0.1, 0.15) is 12.8 Å². The quantitative estimate of drug-likeness (QED) is 0.842. The van der Waals surface area contributed by atoms with Crippen LogP contribution < -0.4 is 5.73 Å². The van der Waals surface area contributed by atoms with Gasteiger partial charge >= 0.3 is 0 Å². The van der Waals surface area contributed by atoms with Crippen molar-refractivity contribution < 1.29 is 17.2 Å². The van der Waals surface area contributed by atoms with Gasteiger partial charge in [0.05, 0.1) is 4.47 Å². The highest BCUT2D eigenvalue weighted by Crippen LogP contribution is 2.30. The van der Waals surface area contributed by atoms with E-state index in [0.717, 1.165) is 6.07 Å². The third kappa shape index (κ3) is 2.67. The standard InChI is InChI=1S/C11H13BrF2N2O2S/c12-8-4-11(10(14)5-9(8)13)19(17,18)16-3-1-2-7(16)6-15/h4-5,7H,1-3,6,15H2. The van der Waals surface area contributed by atoms with Crippen molar-refractivity contribution in [1.82, 2.24) is 4.31 Å². The molecule has 1 fully saturated rings. The van der Waals surface area contributed by atoms with Crippen LogP contribution in [0.2, 0.25) is 0 Å². The van der Waals surface area contributed by atoms with Crippen LogP contribution >= 0.6 is 15.9 Å². The van der Waals surface area contributed by atoms with E-state index < -0.39 is 26.6 Å². The SMILES string of the molecule is NCC1CCCN1S(=O)(=O)c1cc(Br)c(F)cc1F. The number of hydrogen-bond acceptors (Lipinski definition) is 3. The van der Waals surface area contributed by atoms with Crippen LogP contribution in [0.15, 0.2) is 21.5 Å². The normalized spacial score (nSPS) is 20.9. The minimum absolute atomic E-state index is 0.0871. The Labute approximate surface area is 118 Å². The van der Waals surface area contributed by atoms with Gasteiger partial charge in [-0.15, -0.1) is 0 Å². The zero-order valence-electron chi connectivity index (χ0n) is 9.94. The first-order valence-electron chi connectivity index (χ1n) is 5.74. The molecule has 2 rings (SSSR count). The molecule has 1 unspecified atom stereocenters. The molecule has 0 radical (unpaired) electrons. The van der Waals surface area contributed by atoms with E-state index in [9.17, 15) is 17.2 Å².